The van der Waals surface area contributed by atoms with Gasteiger partial charge in [0.15, 0.2) is 0 Å². The van der Waals surface area contributed by atoms with Crippen molar-refractivity contribution in [1.29, 1.82) is 0 Å². The molecule has 1 aromatic carbocycles. The smallest absolute Gasteiger partial charge is 0.241 e. The molecular weight excluding hydrogens is 304 g/mol. The van der Waals surface area contributed by atoms with Crippen molar-refractivity contribution in [3.8, 4) is 11.4 Å². The lowest BCUT2D eigenvalue weighted by atomic mass is 10.1. The maximum absolute atomic E-state index is 5.89. The van der Waals surface area contributed by atoms with Crippen LogP contribution in [0.25, 0.3) is 11.4 Å². The number of hydrogen-bond donors (Lipinski definition) is 0. The van der Waals surface area contributed by atoms with E-state index in [0.717, 1.165) is 18.7 Å². The molecule has 1 aliphatic heterocycles. The fourth-order valence-corrected chi connectivity index (χ4v) is 2.84. The normalized spacial score (nSPS) is 18.6. The van der Waals surface area contributed by atoms with Crippen molar-refractivity contribution in [3.63, 3.8) is 0 Å². The van der Waals surface area contributed by atoms with Gasteiger partial charge in [0.1, 0.15) is 0 Å². The molecule has 0 radical (unpaired) electrons. The summed E-state index contributed by atoms with van der Waals surface area (Å²) in [5.41, 5.74) is 2.06. The maximum Gasteiger partial charge on any atom is 0.241 e. The first-order chi connectivity index (χ1) is 11.9. The molecule has 3 heterocycles. The van der Waals surface area contributed by atoms with Gasteiger partial charge in [0.05, 0.1) is 19.3 Å². The van der Waals surface area contributed by atoms with E-state index in [4.69, 9.17) is 9.26 Å². The topological polar surface area (TPSA) is 64.3 Å². The molecule has 2 aromatic heterocycles. The van der Waals surface area contributed by atoms with E-state index in [9.17, 15) is 0 Å². The second kappa shape index (κ2) is 6.90. The highest BCUT2D eigenvalue weighted by atomic mass is 16.5. The van der Waals surface area contributed by atoms with Crippen molar-refractivity contribution in [3.05, 3.63) is 66.3 Å². The molecule has 4 rings (SSSR count). The SMILES string of the molecule is c1ccc(C2CN(Cc3nc(-c4cccnc4)no3)CCO2)cc1. The molecule has 1 unspecified atom stereocenters. The monoisotopic (exact) mass is 322 g/mol. The summed E-state index contributed by atoms with van der Waals surface area (Å²) in [6, 6.07) is 14.1. The molecule has 122 valence electrons. The fourth-order valence-electron chi connectivity index (χ4n) is 2.84. The van der Waals surface area contributed by atoms with Gasteiger partial charge in [-0.3, -0.25) is 9.88 Å². The minimum absolute atomic E-state index is 0.0839. The Labute approximate surface area is 140 Å². The molecule has 0 aliphatic carbocycles. The highest BCUT2D eigenvalue weighted by Gasteiger charge is 2.23. The lowest BCUT2D eigenvalue weighted by molar-refractivity contribution is -0.0355. The van der Waals surface area contributed by atoms with Crippen LogP contribution in [0.3, 0.4) is 0 Å². The van der Waals surface area contributed by atoms with Gasteiger partial charge in [-0.2, -0.15) is 4.98 Å². The molecule has 6 nitrogen and oxygen atoms in total. The molecule has 1 saturated heterocycles. The van der Waals surface area contributed by atoms with Gasteiger partial charge in [-0.05, 0) is 17.7 Å². The van der Waals surface area contributed by atoms with Gasteiger partial charge >= 0.3 is 0 Å². The first-order valence-corrected chi connectivity index (χ1v) is 8.00. The molecule has 0 saturated carbocycles. The van der Waals surface area contributed by atoms with Crippen LogP contribution < -0.4 is 0 Å². The predicted molar refractivity (Wildman–Crippen MR) is 87.9 cm³/mol. The van der Waals surface area contributed by atoms with E-state index in [2.05, 4.69) is 32.2 Å². The summed E-state index contributed by atoms with van der Waals surface area (Å²) >= 11 is 0. The molecule has 1 fully saturated rings. The summed E-state index contributed by atoms with van der Waals surface area (Å²) in [6.07, 6.45) is 3.54. The van der Waals surface area contributed by atoms with E-state index in [0.29, 0.717) is 24.9 Å². The minimum atomic E-state index is 0.0839. The van der Waals surface area contributed by atoms with Crippen molar-refractivity contribution in [2.24, 2.45) is 0 Å². The molecule has 6 heteroatoms. The molecule has 1 aliphatic rings. The van der Waals surface area contributed by atoms with Crippen molar-refractivity contribution in [2.45, 2.75) is 12.6 Å². The van der Waals surface area contributed by atoms with Gasteiger partial charge in [-0.1, -0.05) is 35.5 Å². The molecule has 0 bridgehead atoms. The Morgan fingerprint density at radius 3 is 2.88 bits per heavy atom. The number of hydrogen-bond acceptors (Lipinski definition) is 6. The van der Waals surface area contributed by atoms with Crippen LogP contribution in [-0.4, -0.2) is 39.7 Å². The Kier molecular flexibility index (Phi) is 4.31. The van der Waals surface area contributed by atoms with Gasteiger partial charge in [-0.25, -0.2) is 0 Å². The van der Waals surface area contributed by atoms with Crippen molar-refractivity contribution in [1.82, 2.24) is 20.0 Å². The van der Waals surface area contributed by atoms with Crippen molar-refractivity contribution >= 4 is 0 Å². The van der Waals surface area contributed by atoms with Gasteiger partial charge in [0.2, 0.25) is 11.7 Å². The number of pyridine rings is 1. The Morgan fingerprint density at radius 2 is 2.04 bits per heavy atom. The minimum Gasteiger partial charge on any atom is -0.371 e. The van der Waals surface area contributed by atoms with Gasteiger partial charge in [0, 0.05) is 31.0 Å². The van der Waals surface area contributed by atoms with Crippen LogP contribution in [0.4, 0.5) is 0 Å². The van der Waals surface area contributed by atoms with E-state index in [1.54, 1.807) is 12.4 Å². The molecule has 0 spiro atoms. The summed E-state index contributed by atoms with van der Waals surface area (Å²) in [5, 5.41) is 4.05. The van der Waals surface area contributed by atoms with Crippen LogP contribution in [0.5, 0.6) is 0 Å². The lowest BCUT2D eigenvalue weighted by Gasteiger charge is -2.32. The number of aromatic nitrogens is 3. The molecule has 0 N–H and O–H groups in total. The molecule has 1 atom stereocenters. The number of rotatable bonds is 4. The third kappa shape index (κ3) is 3.34. The summed E-state index contributed by atoms with van der Waals surface area (Å²) in [6.45, 7) is 2.99. The molecule has 3 aromatic rings. The zero-order chi connectivity index (χ0) is 16.2. The van der Waals surface area contributed by atoms with Crippen LogP contribution in [-0.2, 0) is 11.3 Å². The van der Waals surface area contributed by atoms with Crippen molar-refractivity contribution in [2.75, 3.05) is 19.7 Å². The van der Waals surface area contributed by atoms with Crippen LogP contribution >= 0.6 is 0 Å². The third-order valence-corrected chi connectivity index (χ3v) is 4.07. The zero-order valence-electron chi connectivity index (χ0n) is 13.2. The number of nitrogens with zero attached hydrogens (tertiary/aromatic N) is 4. The Morgan fingerprint density at radius 1 is 1.12 bits per heavy atom. The fraction of sp³-hybridized carbons (Fsp3) is 0.278. The quantitative estimate of drug-likeness (QED) is 0.736. The Balaban J connectivity index is 1.43. The highest BCUT2D eigenvalue weighted by molar-refractivity contribution is 5.51. The van der Waals surface area contributed by atoms with Crippen LogP contribution in [0.15, 0.2) is 59.4 Å². The van der Waals surface area contributed by atoms with Gasteiger partial charge in [-0.15, -0.1) is 0 Å². The van der Waals surface area contributed by atoms with E-state index in [-0.39, 0.29) is 6.10 Å². The first kappa shape index (κ1) is 15.0. The summed E-state index contributed by atoms with van der Waals surface area (Å²) in [7, 11) is 0. The number of benzene rings is 1. The van der Waals surface area contributed by atoms with E-state index < -0.39 is 0 Å². The average Bonchev–Trinajstić information content (AvgIpc) is 3.12. The van der Waals surface area contributed by atoms with E-state index in [1.165, 1.54) is 5.56 Å². The van der Waals surface area contributed by atoms with Crippen LogP contribution in [0, 0.1) is 0 Å². The largest absolute Gasteiger partial charge is 0.371 e. The average molecular weight is 322 g/mol. The number of morpholine rings is 1. The summed E-state index contributed by atoms with van der Waals surface area (Å²) in [4.78, 5) is 10.8. The van der Waals surface area contributed by atoms with Crippen LogP contribution in [0.1, 0.15) is 17.6 Å². The van der Waals surface area contributed by atoms with Crippen LogP contribution in [0.2, 0.25) is 0 Å². The Hall–Kier alpha value is -2.57. The molecule has 0 amide bonds. The van der Waals surface area contributed by atoms with Gasteiger partial charge in [0.25, 0.3) is 0 Å². The highest BCUT2D eigenvalue weighted by Crippen LogP contribution is 2.23. The second-order valence-electron chi connectivity index (χ2n) is 5.76. The molecular formula is C18H18N4O2. The maximum atomic E-state index is 5.89. The zero-order valence-corrected chi connectivity index (χ0v) is 13.2. The first-order valence-electron chi connectivity index (χ1n) is 8.00. The third-order valence-electron chi connectivity index (χ3n) is 4.07. The summed E-state index contributed by atoms with van der Waals surface area (Å²) in [5.74, 6) is 1.19. The molecule has 24 heavy (non-hydrogen) atoms. The Bertz CT molecular complexity index is 776. The van der Waals surface area contributed by atoms with Crippen molar-refractivity contribution < 1.29 is 9.26 Å². The number of ether oxygens (including phenoxy) is 1. The van der Waals surface area contributed by atoms with Gasteiger partial charge < -0.3 is 9.26 Å². The predicted octanol–water partition coefficient (Wildman–Crippen LogP) is 2.71. The van der Waals surface area contributed by atoms with E-state index >= 15 is 0 Å². The lowest BCUT2D eigenvalue weighted by Crippen LogP contribution is -2.37. The second-order valence-corrected chi connectivity index (χ2v) is 5.76. The summed E-state index contributed by atoms with van der Waals surface area (Å²) < 4.78 is 11.3. The standard InChI is InChI=1S/C18H18N4O2/c1-2-5-14(6-3-1)16-12-22(9-10-23-16)13-17-20-18(21-24-17)15-7-4-8-19-11-15/h1-8,11,16H,9-10,12-13H2. The van der Waals surface area contributed by atoms with E-state index in [1.807, 2.05) is 30.3 Å².